The van der Waals surface area contributed by atoms with Crippen molar-refractivity contribution in [3.8, 4) is 0 Å². The molecule has 0 unspecified atom stereocenters. The van der Waals surface area contributed by atoms with E-state index in [2.05, 4.69) is 10.2 Å². The van der Waals surface area contributed by atoms with Crippen molar-refractivity contribution >= 4 is 40.6 Å². The number of benzene rings is 2. The Morgan fingerprint density at radius 1 is 1.15 bits per heavy atom. The molecule has 1 amide bonds. The highest BCUT2D eigenvalue weighted by atomic mass is 35.5. The summed E-state index contributed by atoms with van der Waals surface area (Å²) in [6, 6.07) is 11.3. The number of fused-ring (bicyclic) bond motifs is 3. The standard InChI is InChI=1S/C20H17ClN2O4/c21-14-6-3-12(4-7-14)18(24)11-27-20(26)13-5-8-16-15(10-13)22-19(25)17-2-1-9-23(16)17/h3-8,10,17H,1-2,9,11H2,(H,22,25)/t17-/m0/s1. The zero-order valence-electron chi connectivity index (χ0n) is 14.4. The monoisotopic (exact) mass is 384 g/mol. The summed E-state index contributed by atoms with van der Waals surface area (Å²) in [7, 11) is 0. The average molecular weight is 385 g/mol. The van der Waals surface area contributed by atoms with Crippen LogP contribution in [0.4, 0.5) is 11.4 Å². The molecule has 1 N–H and O–H groups in total. The van der Waals surface area contributed by atoms with Crippen LogP contribution in [0.25, 0.3) is 0 Å². The first-order valence-electron chi connectivity index (χ1n) is 8.70. The Kier molecular flexibility index (Phi) is 4.58. The first kappa shape index (κ1) is 17.5. The summed E-state index contributed by atoms with van der Waals surface area (Å²) in [6.45, 7) is 0.461. The molecule has 1 fully saturated rings. The van der Waals surface area contributed by atoms with Gasteiger partial charge < -0.3 is 15.0 Å². The predicted octanol–water partition coefficient (Wildman–Crippen LogP) is 3.30. The first-order chi connectivity index (χ1) is 13.0. The van der Waals surface area contributed by atoms with Crippen LogP contribution in [0.15, 0.2) is 42.5 Å². The molecule has 27 heavy (non-hydrogen) atoms. The van der Waals surface area contributed by atoms with Gasteiger partial charge in [0, 0.05) is 17.1 Å². The fraction of sp³-hybridized carbons (Fsp3) is 0.250. The van der Waals surface area contributed by atoms with E-state index in [1.807, 2.05) is 6.07 Å². The van der Waals surface area contributed by atoms with Crippen LogP contribution < -0.4 is 10.2 Å². The van der Waals surface area contributed by atoms with Crippen molar-refractivity contribution in [3.63, 3.8) is 0 Å². The zero-order valence-corrected chi connectivity index (χ0v) is 15.2. The van der Waals surface area contributed by atoms with E-state index >= 15 is 0 Å². The van der Waals surface area contributed by atoms with Gasteiger partial charge >= 0.3 is 5.97 Å². The van der Waals surface area contributed by atoms with E-state index in [9.17, 15) is 14.4 Å². The molecule has 2 aliphatic rings. The number of ketones is 1. The lowest BCUT2D eigenvalue weighted by Gasteiger charge is -2.33. The highest BCUT2D eigenvalue weighted by molar-refractivity contribution is 6.30. The molecule has 1 saturated heterocycles. The Balaban J connectivity index is 1.45. The van der Waals surface area contributed by atoms with Crippen LogP contribution in [0.2, 0.25) is 5.02 Å². The number of ether oxygens (including phenoxy) is 1. The summed E-state index contributed by atoms with van der Waals surface area (Å²) < 4.78 is 5.13. The molecule has 6 nitrogen and oxygen atoms in total. The quantitative estimate of drug-likeness (QED) is 0.646. The van der Waals surface area contributed by atoms with Gasteiger partial charge in [0.15, 0.2) is 12.4 Å². The maximum absolute atomic E-state index is 12.3. The second kappa shape index (κ2) is 7.04. The first-order valence-corrected chi connectivity index (χ1v) is 9.08. The molecular formula is C20H17ClN2O4. The van der Waals surface area contributed by atoms with E-state index in [1.54, 1.807) is 36.4 Å². The number of rotatable bonds is 4. The molecule has 0 spiro atoms. The van der Waals surface area contributed by atoms with Gasteiger partial charge in [-0.3, -0.25) is 9.59 Å². The Bertz CT molecular complexity index is 926. The molecule has 2 aromatic carbocycles. The third kappa shape index (κ3) is 3.40. The number of hydrogen-bond acceptors (Lipinski definition) is 5. The third-order valence-electron chi connectivity index (χ3n) is 4.86. The van der Waals surface area contributed by atoms with Crippen LogP contribution in [-0.4, -0.2) is 36.9 Å². The molecule has 138 valence electrons. The minimum absolute atomic E-state index is 0.0524. The normalized spacial score (nSPS) is 17.7. The highest BCUT2D eigenvalue weighted by Crippen LogP contribution is 2.37. The number of nitrogens with one attached hydrogen (secondary N) is 1. The molecule has 0 aliphatic carbocycles. The van der Waals surface area contributed by atoms with Gasteiger partial charge in [-0.2, -0.15) is 0 Å². The van der Waals surface area contributed by atoms with E-state index in [4.69, 9.17) is 16.3 Å². The summed E-state index contributed by atoms with van der Waals surface area (Å²) >= 11 is 5.80. The fourth-order valence-electron chi connectivity index (χ4n) is 3.49. The predicted molar refractivity (Wildman–Crippen MR) is 102 cm³/mol. The number of Topliss-reactive ketones (excluding diaryl/α,β-unsaturated/α-hetero) is 1. The molecule has 0 saturated carbocycles. The van der Waals surface area contributed by atoms with Crippen molar-refractivity contribution < 1.29 is 19.1 Å². The smallest absolute Gasteiger partial charge is 0.338 e. The van der Waals surface area contributed by atoms with E-state index < -0.39 is 5.97 Å². The maximum atomic E-state index is 12.3. The highest BCUT2D eigenvalue weighted by Gasteiger charge is 2.36. The fourth-order valence-corrected chi connectivity index (χ4v) is 3.62. The van der Waals surface area contributed by atoms with Gasteiger partial charge in [0.2, 0.25) is 5.91 Å². The Labute approximate surface area is 161 Å². The number of anilines is 2. The van der Waals surface area contributed by atoms with Crippen molar-refractivity contribution in [3.05, 3.63) is 58.6 Å². The second-order valence-electron chi connectivity index (χ2n) is 6.58. The molecule has 2 aromatic rings. The minimum atomic E-state index is -0.613. The number of carbonyl (C=O) groups excluding carboxylic acids is 3. The molecular weight excluding hydrogens is 368 g/mol. The number of hydrogen-bond donors (Lipinski definition) is 1. The molecule has 0 radical (unpaired) electrons. The van der Waals surface area contributed by atoms with Crippen molar-refractivity contribution in [2.24, 2.45) is 0 Å². The SMILES string of the molecule is O=C(COC(=O)c1ccc2c(c1)NC(=O)[C@@H]1CCCN21)c1ccc(Cl)cc1. The number of nitrogens with zero attached hydrogens (tertiary/aromatic N) is 1. The minimum Gasteiger partial charge on any atom is -0.454 e. The van der Waals surface area contributed by atoms with E-state index in [1.165, 1.54) is 0 Å². The lowest BCUT2D eigenvalue weighted by molar-refractivity contribution is -0.117. The Morgan fingerprint density at radius 2 is 1.89 bits per heavy atom. The summed E-state index contributed by atoms with van der Waals surface area (Å²) in [4.78, 5) is 38.7. The van der Waals surface area contributed by atoms with Gasteiger partial charge in [-0.15, -0.1) is 0 Å². The van der Waals surface area contributed by atoms with E-state index in [0.717, 1.165) is 25.1 Å². The molecule has 2 heterocycles. The van der Waals surface area contributed by atoms with E-state index in [-0.39, 0.29) is 29.9 Å². The van der Waals surface area contributed by atoms with Crippen molar-refractivity contribution in [1.29, 1.82) is 0 Å². The van der Waals surface area contributed by atoms with Crippen LogP contribution in [0, 0.1) is 0 Å². The molecule has 7 heteroatoms. The van der Waals surface area contributed by atoms with Crippen molar-refractivity contribution in [2.45, 2.75) is 18.9 Å². The van der Waals surface area contributed by atoms with Crippen LogP contribution in [-0.2, 0) is 9.53 Å². The number of carbonyl (C=O) groups is 3. The van der Waals surface area contributed by atoms with Gasteiger partial charge in [-0.1, -0.05) is 11.6 Å². The number of esters is 1. The van der Waals surface area contributed by atoms with Crippen LogP contribution in [0.3, 0.4) is 0 Å². The molecule has 2 aliphatic heterocycles. The van der Waals surface area contributed by atoms with Crippen LogP contribution >= 0.6 is 11.6 Å². The van der Waals surface area contributed by atoms with Gasteiger partial charge in [-0.25, -0.2) is 4.79 Å². The summed E-state index contributed by atoms with van der Waals surface area (Å²) in [5.74, 6) is -0.979. The molecule has 0 bridgehead atoms. The largest absolute Gasteiger partial charge is 0.454 e. The Hall–Kier alpha value is -2.86. The summed E-state index contributed by atoms with van der Waals surface area (Å²) in [6.07, 6.45) is 1.80. The van der Waals surface area contributed by atoms with Gasteiger partial charge in [-0.05, 0) is 55.3 Å². The second-order valence-corrected chi connectivity index (χ2v) is 7.02. The topological polar surface area (TPSA) is 75.7 Å². The zero-order chi connectivity index (χ0) is 19.0. The van der Waals surface area contributed by atoms with E-state index in [0.29, 0.717) is 16.3 Å². The van der Waals surface area contributed by atoms with Crippen molar-refractivity contribution in [1.82, 2.24) is 0 Å². The lowest BCUT2D eigenvalue weighted by Crippen LogP contribution is -2.43. The number of amides is 1. The number of halogens is 1. The third-order valence-corrected chi connectivity index (χ3v) is 5.11. The summed E-state index contributed by atoms with van der Waals surface area (Å²) in [5, 5.41) is 3.38. The van der Waals surface area contributed by atoms with Gasteiger partial charge in [0.05, 0.1) is 16.9 Å². The van der Waals surface area contributed by atoms with Gasteiger partial charge in [0.1, 0.15) is 6.04 Å². The van der Waals surface area contributed by atoms with Crippen LogP contribution in [0.1, 0.15) is 33.6 Å². The molecule has 0 aromatic heterocycles. The Morgan fingerprint density at radius 3 is 2.67 bits per heavy atom. The molecule has 4 rings (SSSR count). The van der Waals surface area contributed by atoms with Crippen LogP contribution in [0.5, 0.6) is 0 Å². The maximum Gasteiger partial charge on any atom is 0.338 e. The summed E-state index contributed by atoms with van der Waals surface area (Å²) in [5.41, 5.74) is 2.21. The average Bonchev–Trinajstić information content (AvgIpc) is 3.17. The lowest BCUT2D eigenvalue weighted by atomic mass is 10.1. The van der Waals surface area contributed by atoms with Crippen molar-refractivity contribution in [2.75, 3.05) is 23.4 Å². The van der Waals surface area contributed by atoms with Gasteiger partial charge in [0.25, 0.3) is 0 Å². The molecule has 1 atom stereocenters.